The van der Waals surface area contributed by atoms with Crippen LogP contribution in [-0.2, 0) is 0 Å². The summed E-state index contributed by atoms with van der Waals surface area (Å²) in [6.45, 7) is 1.91. The highest BCUT2D eigenvalue weighted by atomic mass is 16.4. The molecule has 4 heteroatoms. The molecule has 0 radical (unpaired) electrons. The molecular weight excluding hydrogens is 158 g/mol. The molecule has 12 heavy (non-hydrogen) atoms. The van der Waals surface area contributed by atoms with Crippen molar-refractivity contribution in [2.75, 3.05) is 0 Å². The van der Waals surface area contributed by atoms with Gasteiger partial charge in [-0.3, -0.25) is 0 Å². The Hall–Kier alpha value is -1.29. The minimum atomic E-state index is -0.992. The quantitative estimate of drug-likeness (QED) is 0.716. The summed E-state index contributed by atoms with van der Waals surface area (Å²) in [4.78, 5) is 10.4. The summed E-state index contributed by atoms with van der Waals surface area (Å²) in [6.07, 6.45) is 1.93. The summed E-state index contributed by atoms with van der Waals surface area (Å²) in [5.41, 5.74) is 5.77. The van der Waals surface area contributed by atoms with Crippen molar-refractivity contribution < 1.29 is 14.3 Å². The molecular formula is C8H11NO3. The Balaban J connectivity index is 2.84. The predicted octanol–water partition coefficient (Wildman–Crippen LogP) is 1.39. The molecule has 0 aliphatic heterocycles. The Morgan fingerprint density at radius 3 is 2.92 bits per heavy atom. The number of rotatable bonds is 3. The molecule has 0 amide bonds. The fourth-order valence-corrected chi connectivity index (χ4v) is 0.861. The Kier molecular flexibility index (Phi) is 2.50. The zero-order valence-electron chi connectivity index (χ0n) is 6.78. The third kappa shape index (κ3) is 1.65. The van der Waals surface area contributed by atoms with Crippen LogP contribution >= 0.6 is 0 Å². The van der Waals surface area contributed by atoms with Crippen LogP contribution in [-0.4, -0.2) is 11.1 Å². The largest absolute Gasteiger partial charge is 0.478 e. The second-order valence-electron chi connectivity index (χ2n) is 2.56. The number of hydrogen-bond acceptors (Lipinski definition) is 3. The van der Waals surface area contributed by atoms with Gasteiger partial charge in [0.25, 0.3) is 0 Å². The van der Waals surface area contributed by atoms with Crippen LogP contribution in [0.15, 0.2) is 16.7 Å². The molecule has 0 fully saturated rings. The molecule has 1 aromatic rings. The first-order valence-corrected chi connectivity index (χ1v) is 3.72. The summed E-state index contributed by atoms with van der Waals surface area (Å²) in [7, 11) is 0. The second-order valence-corrected chi connectivity index (χ2v) is 2.56. The van der Waals surface area contributed by atoms with Crippen molar-refractivity contribution in [3.8, 4) is 0 Å². The number of hydrogen-bond donors (Lipinski definition) is 2. The molecule has 66 valence electrons. The lowest BCUT2D eigenvalue weighted by atomic mass is 10.2. The van der Waals surface area contributed by atoms with Crippen LogP contribution in [0.4, 0.5) is 0 Å². The average Bonchev–Trinajstić information content (AvgIpc) is 2.51. The van der Waals surface area contributed by atoms with Crippen molar-refractivity contribution in [2.45, 2.75) is 19.4 Å². The lowest BCUT2D eigenvalue weighted by Gasteiger charge is -2.01. The van der Waals surface area contributed by atoms with Crippen LogP contribution in [0, 0.1) is 0 Å². The normalized spacial score (nSPS) is 12.8. The van der Waals surface area contributed by atoms with Crippen molar-refractivity contribution in [2.24, 2.45) is 5.73 Å². The van der Waals surface area contributed by atoms with E-state index < -0.39 is 5.97 Å². The van der Waals surface area contributed by atoms with E-state index in [9.17, 15) is 4.79 Å². The van der Waals surface area contributed by atoms with Crippen LogP contribution in [0.25, 0.3) is 0 Å². The topological polar surface area (TPSA) is 76.5 Å². The molecule has 3 N–H and O–H groups in total. The van der Waals surface area contributed by atoms with Crippen molar-refractivity contribution in [1.82, 2.24) is 0 Å². The molecule has 0 aliphatic rings. The molecule has 4 nitrogen and oxygen atoms in total. The maximum absolute atomic E-state index is 10.4. The van der Waals surface area contributed by atoms with Crippen LogP contribution in [0.2, 0.25) is 0 Å². The van der Waals surface area contributed by atoms with E-state index in [4.69, 9.17) is 15.3 Å². The van der Waals surface area contributed by atoms with Crippen molar-refractivity contribution >= 4 is 5.97 Å². The number of nitrogens with two attached hydrogens (primary N) is 1. The van der Waals surface area contributed by atoms with E-state index in [0.717, 1.165) is 6.42 Å². The zero-order valence-corrected chi connectivity index (χ0v) is 6.78. The van der Waals surface area contributed by atoms with Gasteiger partial charge < -0.3 is 15.3 Å². The third-order valence-electron chi connectivity index (χ3n) is 1.67. The molecule has 0 saturated heterocycles. The van der Waals surface area contributed by atoms with E-state index in [2.05, 4.69) is 0 Å². The molecule has 0 aliphatic carbocycles. The summed E-state index contributed by atoms with van der Waals surface area (Å²) in [5, 5.41) is 8.55. The van der Waals surface area contributed by atoms with E-state index in [0.29, 0.717) is 5.76 Å². The van der Waals surface area contributed by atoms with Crippen LogP contribution in [0.3, 0.4) is 0 Å². The fraction of sp³-hybridized carbons (Fsp3) is 0.375. The Bertz CT molecular complexity index is 280. The lowest BCUT2D eigenvalue weighted by Crippen LogP contribution is -2.07. The molecule has 1 aromatic heterocycles. The van der Waals surface area contributed by atoms with E-state index in [1.54, 1.807) is 0 Å². The van der Waals surface area contributed by atoms with Gasteiger partial charge in [0.1, 0.15) is 12.0 Å². The number of carboxylic acids is 1. The van der Waals surface area contributed by atoms with Gasteiger partial charge >= 0.3 is 5.97 Å². The molecule has 0 saturated carbocycles. The van der Waals surface area contributed by atoms with Gasteiger partial charge in [-0.1, -0.05) is 6.92 Å². The number of aromatic carboxylic acids is 1. The molecule has 0 aromatic carbocycles. The number of carboxylic acid groups (broad SMARTS) is 1. The van der Waals surface area contributed by atoms with Gasteiger partial charge in [0.05, 0.1) is 11.6 Å². The van der Waals surface area contributed by atoms with Gasteiger partial charge in [-0.15, -0.1) is 0 Å². The molecule has 1 atom stereocenters. The highest BCUT2D eigenvalue weighted by Gasteiger charge is 2.12. The van der Waals surface area contributed by atoms with Gasteiger partial charge in [0.2, 0.25) is 0 Å². The summed E-state index contributed by atoms with van der Waals surface area (Å²) >= 11 is 0. The van der Waals surface area contributed by atoms with Gasteiger partial charge in [-0.25, -0.2) is 4.79 Å². The van der Waals surface area contributed by atoms with Crippen molar-refractivity contribution in [1.29, 1.82) is 0 Å². The van der Waals surface area contributed by atoms with Crippen LogP contribution < -0.4 is 5.73 Å². The smallest absolute Gasteiger partial charge is 0.338 e. The Morgan fingerprint density at radius 1 is 1.83 bits per heavy atom. The maximum Gasteiger partial charge on any atom is 0.338 e. The van der Waals surface area contributed by atoms with Crippen molar-refractivity contribution in [3.63, 3.8) is 0 Å². The van der Waals surface area contributed by atoms with Crippen LogP contribution in [0.1, 0.15) is 35.5 Å². The SMILES string of the molecule is CC[C@@H](N)c1cc(C(=O)O)co1. The minimum absolute atomic E-state index is 0.147. The van der Waals surface area contributed by atoms with Crippen molar-refractivity contribution in [3.05, 3.63) is 23.7 Å². The van der Waals surface area contributed by atoms with Gasteiger partial charge in [0.15, 0.2) is 0 Å². The molecule has 1 heterocycles. The van der Waals surface area contributed by atoms with E-state index in [-0.39, 0.29) is 11.6 Å². The first-order chi connectivity index (χ1) is 5.65. The molecule has 0 bridgehead atoms. The van der Waals surface area contributed by atoms with Gasteiger partial charge in [0, 0.05) is 0 Å². The fourth-order valence-electron chi connectivity index (χ4n) is 0.861. The molecule has 0 unspecified atom stereocenters. The standard InChI is InChI=1S/C8H11NO3/c1-2-6(9)7-3-5(4-12-7)8(10)11/h3-4,6H,2,9H2,1H3,(H,10,11)/t6-/m1/s1. The summed E-state index contributed by atoms with van der Waals surface area (Å²) < 4.78 is 4.97. The van der Waals surface area contributed by atoms with Crippen LogP contribution in [0.5, 0.6) is 0 Å². The lowest BCUT2D eigenvalue weighted by molar-refractivity contribution is 0.0696. The highest BCUT2D eigenvalue weighted by molar-refractivity contribution is 5.87. The second kappa shape index (κ2) is 3.40. The maximum atomic E-state index is 10.4. The molecule has 1 rings (SSSR count). The number of furan rings is 1. The monoisotopic (exact) mass is 169 g/mol. The highest BCUT2D eigenvalue weighted by Crippen LogP contribution is 2.16. The Morgan fingerprint density at radius 2 is 2.50 bits per heavy atom. The zero-order chi connectivity index (χ0) is 9.14. The summed E-state index contributed by atoms with van der Waals surface area (Å²) in [5.74, 6) is -0.469. The Labute approximate surface area is 70.0 Å². The summed E-state index contributed by atoms with van der Waals surface area (Å²) in [6, 6.07) is 1.24. The van der Waals surface area contributed by atoms with E-state index >= 15 is 0 Å². The van der Waals surface area contributed by atoms with Gasteiger partial charge in [-0.2, -0.15) is 0 Å². The van der Waals surface area contributed by atoms with Gasteiger partial charge in [-0.05, 0) is 12.5 Å². The third-order valence-corrected chi connectivity index (χ3v) is 1.67. The number of carbonyl (C=O) groups is 1. The van der Waals surface area contributed by atoms with E-state index in [1.165, 1.54) is 12.3 Å². The minimum Gasteiger partial charge on any atom is -0.478 e. The average molecular weight is 169 g/mol. The first kappa shape index (κ1) is 8.80. The van der Waals surface area contributed by atoms with E-state index in [1.807, 2.05) is 6.92 Å². The predicted molar refractivity (Wildman–Crippen MR) is 42.9 cm³/mol. The first-order valence-electron chi connectivity index (χ1n) is 3.72. The molecule has 0 spiro atoms.